The Balaban J connectivity index is 2.96. The molecular weight excluding hydrogens is 232 g/mol. The second kappa shape index (κ2) is 7.47. The Morgan fingerprint density at radius 3 is 2.50 bits per heavy atom. The van der Waals surface area contributed by atoms with Crippen molar-refractivity contribution >= 4 is 0 Å². The van der Waals surface area contributed by atoms with Gasteiger partial charge in [-0.05, 0) is 25.5 Å². The molecule has 0 amide bonds. The van der Waals surface area contributed by atoms with Gasteiger partial charge in [-0.3, -0.25) is 0 Å². The molecule has 0 aliphatic rings. The fraction of sp³-hybridized carbons (Fsp3) is 0.600. The van der Waals surface area contributed by atoms with Crippen LogP contribution in [0.5, 0.6) is 0 Å². The Hall–Kier alpha value is -0.960. The van der Waals surface area contributed by atoms with Gasteiger partial charge in [-0.25, -0.2) is 8.78 Å². The van der Waals surface area contributed by atoms with Gasteiger partial charge in [-0.1, -0.05) is 45.2 Å². The SMILES string of the molecule is CCCCC(CC)C(NC)c1cccc(F)c1F. The quantitative estimate of drug-likeness (QED) is 0.759. The molecule has 0 spiro atoms. The van der Waals surface area contributed by atoms with Crippen LogP contribution in [0.1, 0.15) is 51.1 Å². The monoisotopic (exact) mass is 255 g/mol. The van der Waals surface area contributed by atoms with Crippen LogP contribution in [0.4, 0.5) is 8.78 Å². The average Bonchev–Trinajstić information content (AvgIpc) is 2.38. The van der Waals surface area contributed by atoms with E-state index in [4.69, 9.17) is 0 Å². The van der Waals surface area contributed by atoms with Crippen molar-refractivity contribution in [2.24, 2.45) is 5.92 Å². The lowest BCUT2D eigenvalue weighted by Gasteiger charge is -2.26. The minimum atomic E-state index is -0.766. The summed E-state index contributed by atoms with van der Waals surface area (Å²) < 4.78 is 27.1. The Bertz CT molecular complexity index is 366. The number of rotatable bonds is 7. The van der Waals surface area contributed by atoms with Gasteiger partial charge in [0, 0.05) is 11.6 Å². The van der Waals surface area contributed by atoms with Gasteiger partial charge in [0.1, 0.15) is 0 Å². The van der Waals surface area contributed by atoms with Crippen molar-refractivity contribution < 1.29 is 8.78 Å². The summed E-state index contributed by atoms with van der Waals surface area (Å²) in [5, 5.41) is 3.14. The minimum Gasteiger partial charge on any atom is -0.313 e. The molecule has 0 saturated heterocycles. The predicted molar refractivity (Wildman–Crippen MR) is 71.5 cm³/mol. The van der Waals surface area contributed by atoms with E-state index in [1.54, 1.807) is 12.1 Å². The maximum Gasteiger partial charge on any atom is 0.163 e. The topological polar surface area (TPSA) is 12.0 Å². The van der Waals surface area contributed by atoms with Crippen molar-refractivity contribution in [3.05, 3.63) is 35.4 Å². The highest BCUT2D eigenvalue weighted by atomic mass is 19.2. The molecule has 1 aromatic carbocycles. The first kappa shape index (κ1) is 15.1. The standard InChI is InChI=1S/C15H23F2N/c1-4-6-8-11(5-2)15(18-3)12-9-7-10-13(16)14(12)17/h7,9-11,15,18H,4-6,8H2,1-3H3. The maximum absolute atomic E-state index is 13.8. The van der Waals surface area contributed by atoms with Crippen LogP contribution in [0, 0.1) is 17.6 Å². The van der Waals surface area contributed by atoms with Crippen LogP contribution in [0.15, 0.2) is 18.2 Å². The van der Waals surface area contributed by atoms with E-state index in [0.29, 0.717) is 11.5 Å². The van der Waals surface area contributed by atoms with Gasteiger partial charge in [0.25, 0.3) is 0 Å². The summed E-state index contributed by atoms with van der Waals surface area (Å²) in [5.74, 6) is -1.14. The first-order chi connectivity index (χ1) is 8.65. The summed E-state index contributed by atoms with van der Waals surface area (Å²) in [4.78, 5) is 0. The molecule has 2 atom stereocenters. The van der Waals surface area contributed by atoms with Gasteiger partial charge < -0.3 is 5.32 Å². The first-order valence-electron chi connectivity index (χ1n) is 6.76. The Morgan fingerprint density at radius 1 is 1.22 bits per heavy atom. The van der Waals surface area contributed by atoms with Gasteiger partial charge in [-0.2, -0.15) is 0 Å². The molecule has 18 heavy (non-hydrogen) atoms. The van der Waals surface area contributed by atoms with Crippen LogP contribution < -0.4 is 5.32 Å². The van der Waals surface area contributed by atoms with E-state index in [1.165, 1.54) is 6.07 Å². The normalized spacial score (nSPS) is 14.5. The number of nitrogens with one attached hydrogen (secondary N) is 1. The van der Waals surface area contributed by atoms with Gasteiger partial charge in [0.05, 0.1) is 0 Å². The van der Waals surface area contributed by atoms with E-state index >= 15 is 0 Å². The fourth-order valence-corrected chi connectivity index (χ4v) is 2.48. The van der Waals surface area contributed by atoms with Crippen molar-refractivity contribution in [3.8, 4) is 0 Å². The van der Waals surface area contributed by atoms with Crippen LogP contribution in [0.2, 0.25) is 0 Å². The van der Waals surface area contributed by atoms with Crippen molar-refractivity contribution in [1.29, 1.82) is 0 Å². The lowest BCUT2D eigenvalue weighted by molar-refractivity contribution is 0.327. The first-order valence-corrected chi connectivity index (χ1v) is 6.76. The second-order valence-electron chi connectivity index (χ2n) is 4.72. The maximum atomic E-state index is 13.8. The van der Waals surface area contributed by atoms with Crippen molar-refractivity contribution in [2.45, 2.75) is 45.6 Å². The van der Waals surface area contributed by atoms with Crippen LogP contribution in [0.25, 0.3) is 0 Å². The molecule has 0 aliphatic carbocycles. The molecule has 3 heteroatoms. The molecule has 1 N–H and O–H groups in total. The summed E-state index contributed by atoms with van der Waals surface area (Å²) in [7, 11) is 1.81. The van der Waals surface area contributed by atoms with E-state index in [9.17, 15) is 8.78 Å². The molecule has 1 aromatic rings. The average molecular weight is 255 g/mol. The van der Waals surface area contributed by atoms with Crippen LogP contribution >= 0.6 is 0 Å². The summed E-state index contributed by atoms with van der Waals surface area (Å²) in [6.45, 7) is 4.24. The van der Waals surface area contributed by atoms with Gasteiger partial charge in [-0.15, -0.1) is 0 Å². The molecule has 0 aliphatic heterocycles. The number of hydrogen-bond donors (Lipinski definition) is 1. The molecule has 0 heterocycles. The summed E-state index contributed by atoms with van der Waals surface area (Å²) in [6, 6.07) is 4.30. The third-order valence-electron chi connectivity index (χ3n) is 3.55. The molecule has 0 bridgehead atoms. The second-order valence-corrected chi connectivity index (χ2v) is 4.72. The van der Waals surface area contributed by atoms with Gasteiger partial charge in [0.2, 0.25) is 0 Å². The molecule has 0 aromatic heterocycles. The molecular formula is C15H23F2N. The lowest BCUT2D eigenvalue weighted by Crippen LogP contribution is -2.26. The number of benzene rings is 1. The zero-order valence-electron chi connectivity index (χ0n) is 11.5. The zero-order chi connectivity index (χ0) is 13.5. The largest absolute Gasteiger partial charge is 0.313 e. The molecule has 0 saturated carbocycles. The van der Waals surface area contributed by atoms with E-state index in [0.717, 1.165) is 25.7 Å². The van der Waals surface area contributed by atoms with E-state index in [1.807, 2.05) is 7.05 Å². The highest BCUT2D eigenvalue weighted by molar-refractivity contribution is 5.23. The minimum absolute atomic E-state index is 0.114. The van der Waals surface area contributed by atoms with Crippen molar-refractivity contribution in [1.82, 2.24) is 5.32 Å². The van der Waals surface area contributed by atoms with E-state index in [-0.39, 0.29) is 6.04 Å². The highest BCUT2D eigenvalue weighted by Crippen LogP contribution is 2.30. The van der Waals surface area contributed by atoms with Crippen molar-refractivity contribution in [3.63, 3.8) is 0 Å². The van der Waals surface area contributed by atoms with E-state index < -0.39 is 11.6 Å². The van der Waals surface area contributed by atoms with Crippen LogP contribution in [-0.2, 0) is 0 Å². The zero-order valence-corrected chi connectivity index (χ0v) is 11.5. The fourth-order valence-electron chi connectivity index (χ4n) is 2.48. The Morgan fingerprint density at radius 2 is 1.94 bits per heavy atom. The summed E-state index contributed by atoms with van der Waals surface area (Å²) in [6.07, 6.45) is 4.24. The Kier molecular flexibility index (Phi) is 6.27. The molecule has 1 rings (SSSR count). The highest BCUT2D eigenvalue weighted by Gasteiger charge is 2.23. The molecule has 0 fully saturated rings. The summed E-state index contributed by atoms with van der Waals surface area (Å²) in [5.41, 5.74) is 0.445. The third-order valence-corrected chi connectivity index (χ3v) is 3.55. The third kappa shape index (κ3) is 3.52. The van der Waals surface area contributed by atoms with Crippen LogP contribution in [0.3, 0.4) is 0 Å². The van der Waals surface area contributed by atoms with Gasteiger partial charge in [0.15, 0.2) is 11.6 Å². The number of halogens is 2. The lowest BCUT2D eigenvalue weighted by atomic mass is 9.86. The molecule has 2 unspecified atom stereocenters. The summed E-state index contributed by atoms with van der Waals surface area (Å²) >= 11 is 0. The van der Waals surface area contributed by atoms with Crippen LogP contribution in [-0.4, -0.2) is 7.05 Å². The predicted octanol–water partition coefficient (Wildman–Crippen LogP) is 4.44. The van der Waals surface area contributed by atoms with E-state index in [2.05, 4.69) is 19.2 Å². The van der Waals surface area contributed by atoms with Crippen molar-refractivity contribution in [2.75, 3.05) is 7.05 Å². The molecule has 0 radical (unpaired) electrons. The number of unbranched alkanes of at least 4 members (excludes halogenated alkanes) is 1. The molecule has 1 nitrogen and oxygen atoms in total. The Labute approximate surface area is 109 Å². The number of hydrogen-bond acceptors (Lipinski definition) is 1. The smallest absolute Gasteiger partial charge is 0.163 e. The molecule has 102 valence electrons. The van der Waals surface area contributed by atoms with Gasteiger partial charge >= 0.3 is 0 Å².